The van der Waals surface area contributed by atoms with Crippen molar-refractivity contribution in [2.24, 2.45) is 0 Å². The largest absolute Gasteiger partial charge is 0.495 e. The summed E-state index contributed by atoms with van der Waals surface area (Å²) in [6, 6.07) is 5.02. The molecule has 0 amide bonds. The van der Waals surface area contributed by atoms with E-state index in [0.29, 0.717) is 33.4 Å². The third-order valence-electron chi connectivity index (χ3n) is 2.98. The van der Waals surface area contributed by atoms with Crippen molar-refractivity contribution < 1.29 is 23.7 Å². The molecule has 0 aliphatic heterocycles. The van der Waals surface area contributed by atoms with E-state index in [-0.39, 0.29) is 5.78 Å². The Balaban J connectivity index is 2.51. The van der Waals surface area contributed by atoms with E-state index in [1.807, 2.05) is 5.38 Å². The molecule has 0 saturated heterocycles. The van der Waals surface area contributed by atoms with E-state index in [1.54, 1.807) is 18.2 Å². The number of thiophene rings is 1. The van der Waals surface area contributed by atoms with Gasteiger partial charge in [-0.05, 0) is 23.6 Å². The number of benzene rings is 1. The molecule has 1 aromatic heterocycles. The lowest BCUT2D eigenvalue weighted by Gasteiger charge is -2.13. The highest BCUT2D eigenvalue weighted by atomic mass is 32.1. The molecule has 0 unspecified atom stereocenters. The minimum absolute atomic E-state index is 0.152. The maximum atomic E-state index is 12.6. The molecular formula is C15H16O5S. The van der Waals surface area contributed by atoms with Crippen LogP contribution >= 0.6 is 11.3 Å². The number of ketones is 1. The van der Waals surface area contributed by atoms with Gasteiger partial charge in [0.05, 0.1) is 28.4 Å². The highest BCUT2D eigenvalue weighted by Gasteiger charge is 2.21. The van der Waals surface area contributed by atoms with Crippen LogP contribution in [0, 0.1) is 0 Å². The summed E-state index contributed by atoms with van der Waals surface area (Å²) in [6.45, 7) is 0. The summed E-state index contributed by atoms with van der Waals surface area (Å²) in [5.41, 5.74) is 0.449. The van der Waals surface area contributed by atoms with Gasteiger partial charge in [0.1, 0.15) is 10.6 Å². The van der Waals surface area contributed by atoms with Gasteiger partial charge in [0.25, 0.3) is 0 Å². The van der Waals surface area contributed by atoms with E-state index in [2.05, 4.69) is 0 Å². The predicted octanol–water partition coefficient (Wildman–Crippen LogP) is 3.01. The fraction of sp³-hybridized carbons (Fsp3) is 0.267. The lowest BCUT2D eigenvalue weighted by atomic mass is 10.1. The first kappa shape index (κ1) is 15.2. The Morgan fingerprint density at radius 1 is 0.905 bits per heavy atom. The van der Waals surface area contributed by atoms with Crippen molar-refractivity contribution in [1.29, 1.82) is 0 Å². The average molecular weight is 308 g/mol. The summed E-state index contributed by atoms with van der Waals surface area (Å²) in [5.74, 6) is 1.74. The van der Waals surface area contributed by atoms with Crippen molar-refractivity contribution in [2.45, 2.75) is 0 Å². The lowest BCUT2D eigenvalue weighted by molar-refractivity contribution is 0.103. The minimum Gasteiger partial charge on any atom is -0.495 e. The van der Waals surface area contributed by atoms with Gasteiger partial charge in [0.15, 0.2) is 11.5 Å². The van der Waals surface area contributed by atoms with Crippen molar-refractivity contribution in [3.63, 3.8) is 0 Å². The van der Waals surface area contributed by atoms with Crippen LogP contribution in [-0.4, -0.2) is 34.2 Å². The zero-order valence-corrected chi connectivity index (χ0v) is 13.1. The van der Waals surface area contributed by atoms with E-state index < -0.39 is 0 Å². The summed E-state index contributed by atoms with van der Waals surface area (Å²) in [5, 5.41) is 1.81. The molecule has 5 nitrogen and oxygen atoms in total. The molecule has 21 heavy (non-hydrogen) atoms. The first-order valence-electron chi connectivity index (χ1n) is 6.12. The molecule has 1 heterocycles. The van der Waals surface area contributed by atoms with Crippen LogP contribution in [0.1, 0.15) is 15.2 Å². The van der Waals surface area contributed by atoms with Gasteiger partial charge < -0.3 is 18.9 Å². The minimum atomic E-state index is -0.152. The second-order valence-electron chi connectivity index (χ2n) is 4.06. The number of carbonyl (C=O) groups excluding carboxylic acids is 1. The Morgan fingerprint density at radius 3 is 1.95 bits per heavy atom. The Hall–Kier alpha value is -2.21. The first-order valence-corrected chi connectivity index (χ1v) is 7.00. The van der Waals surface area contributed by atoms with Crippen LogP contribution in [0.5, 0.6) is 23.0 Å². The molecule has 0 aliphatic rings. The molecule has 2 aromatic rings. The monoisotopic (exact) mass is 308 g/mol. The number of rotatable bonds is 6. The number of hydrogen-bond acceptors (Lipinski definition) is 6. The van der Waals surface area contributed by atoms with Gasteiger partial charge in [0.2, 0.25) is 11.5 Å². The topological polar surface area (TPSA) is 54.0 Å². The molecule has 2 rings (SSSR count). The third-order valence-corrected chi connectivity index (χ3v) is 3.88. The average Bonchev–Trinajstić information content (AvgIpc) is 3.01. The van der Waals surface area contributed by atoms with E-state index in [0.717, 1.165) is 0 Å². The SMILES string of the molecule is COc1ccsc1C(=O)c1cc(OC)c(OC)c(OC)c1. The molecular weight excluding hydrogens is 292 g/mol. The lowest BCUT2D eigenvalue weighted by Crippen LogP contribution is -2.03. The molecule has 0 spiro atoms. The number of carbonyl (C=O) groups is 1. The quantitative estimate of drug-likeness (QED) is 0.768. The molecule has 0 fully saturated rings. The molecule has 0 radical (unpaired) electrons. The predicted molar refractivity (Wildman–Crippen MR) is 80.4 cm³/mol. The molecule has 1 aromatic carbocycles. The van der Waals surface area contributed by atoms with Crippen LogP contribution in [0.15, 0.2) is 23.6 Å². The highest BCUT2D eigenvalue weighted by Crippen LogP contribution is 2.39. The fourth-order valence-electron chi connectivity index (χ4n) is 1.97. The van der Waals surface area contributed by atoms with Crippen LogP contribution in [0.3, 0.4) is 0 Å². The number of hydrogen-bond donors (Lipinski definition) is 0. The molecule has 0 N–H and O–H groups in total. The van der Waals surface area contributed by atoms with Gasteiger partial charge in [-0.15, -0.1) is 11.3 Å². The second-order valence-corrected chi connectivity index (χ2v) is 4.98. The molecule has 0 aliphatic carbocycles. The maximum absolute atomic E-state index is 12.6. The summed E-state index contributed by atoms with van der Waals surface area (Å²) in [6.07, 6.45) is 0. The molecule has 0 bridgehead atoms. The van der Waals surface area contributed by atoms with Crippen molar-refractivity contribution >= 4 is 17.1 Å². The molecule has 0 saturated carbocycles. The van der Waals surface area contributed by atoms with Gasteiger partial charge in [-0.25, -0.2) is 0 Å². The van der Waals surface area contributed by atoms with Crippen LogP contribution in [0.2, 0.25) is 0 Å². The van der Waals surface area contributed by atoms with Gasteiger partial charge in [0, 0.05) is 5.56 Å². The normalized spacial score (nSPS) is 10.1. The van der Waals surface area contributed by atoms with Gasteiger partial charge in [-0.3, -0.25) is 4.79 Å². The van der Waals surface area contributed by atoms with Crippen LogP contribution in [-0.2, 0) is 0 Å². The smallest absolute Gasteiger partial charge is 0.207 e. The van der Waals surface area contributed by atoms with Crippen molar-refractivity contribution in [3.8, 4) is 23.0 Å². The van der Waals surface area contributed by atoms with E-state index in [9.17, 15) is 4.79 Å². The van der Waals surface area contributed by atoms with E-state index in [4.69, 9.17) is 18.9 Å². The molecule has 112 valence electrons. The maximum Gasteiger partial charge on any atom is 0.207 e. The second kappa shape index (κ2) is 6.49. The number of methoxy groups -OCH3 is 4. The molecule has 0 atom stereocenters. The van der Waals surface area contributed by atoms with Gasteiger partial charge in [-0.2, -0.15) is 0 Å². The fourth-order valence-corrected chi connectivity index (χ4v) is 2.79. The van der Waals surface area contributed by atoms with E-state index >= 15 is 0 Å². The van der Waals surface area contributed by atoms with Crippen LogP contribution in [0.25, 0.3) is 0 Å². The standard InChI is InChI=1S/C15H16O5S/c1-17-10-5-6-21-15(10)13(16)9-7-11(18-2)14(20-4)12(8-9)19-3/h5-8H,1-4H3. The zero-order valence-electron chi connectivity index (χ0n) is 12.3. The van der Waals surface area contributed by atoms with Crippen molar-refractivity contribution in [2.75, 3.05) is 28.4 Å². The summed E-state index contributed by atoms with van der Waals surface area (Å²) in [4.78, 5) is 13.1. The third kappa shape index (κ3) is 2.80. The Morgan fingerprint density at radius 2 is 1.48 bits per heavy atom. The Bertz CT molecular complexity index is 622. The van der Waals surface area contributed by atoms with Crippen molar-refractivity contribution in [1.82, 2.24) is 0 Å². The highest BCUT2D eigenvalue weighted by molar-refractivity contribution is 7.12. The summed E-state index contributed by atoms with van der Waals surface area (Å²) in [7, 11) is 6.08. The zero-order chi connectivity index (χ0) is 15.4. The molecule has 6 heteroatoms. The Kier molecular flexibility index (Phi) is 4.70. The summed E-state index contributed by atoms with van der Waals surface area (Å²) >= 11 is 1.33. The van der Waals surface area contributed by atoms with Gasteiger partial charge in [-0.1, -0.05) is 0 Å². The Labute approximate surface area is 127 Å². The van der Waals surface area contributed by atoms with Crippen molar-refractivity contribution in [3.05, 3.63) is 34.0 Å². The van der Waals surface area contributed by atoms with E-state index in [1.165, 1.54) is 39.8 Å². The first-order chi connectivity index (χ1) is 10.2. The number of ether oxygens (including phenoxy) is 4. The van der Waals surface area contributed by atoms with Gasteiger partial charge >= 0.3 is 0 Å². The summed E-state index contributed by atoms with van der Waals surface area (Å²) < 4.78 is 21.0. The van der Waals surface area contributed by atoms with Crippen LogP contribution < -0.4 is 18.9 Å². The van der Waals surface area contributed by atoms with Crippen LogP contribution in [0.4, 0.5) is 0 Å².